The van der Waals surface area contributed by atoms with Gasteiger partial charge in [-0.15, -0.1) is 0 Å². The Morgan fingerprint density at radius 2 is 1.60 bits per heavy atom. The van der Waals surface area contributed by atoms with Gasteiger partial charge in [-0.25, -0.2) is 4.79 Å². The third-order valence-electron chi connectivity index (χ3n) is 3.51. The summed E-state index contributed by atoms with van der Waals surface area (Å²) in [5.41, 5.74) is -0.498. The van der Waals surface area contributed by atoms with Gasteiger partial charge < -0.3 is 20.5 Å². The number of carbonyl (C=O) groups excluding carboxylic acids is 2. The Labute approximate surface area is 150 Å². The Morgan fingerprint density at radius 1 is 1.00 bits per heavy atom. The third-order valence-corrected chi connectivity index (χ3v) is 3.51. The van der Waals surface area contributed by atoms with E-state index in [9.17, 15) is 19.5 Å². The van der Waals surface area contributed by atoms with E-state index in [0.717, 1.165) is 0 Å². The molecule has 0 heterocycles. The van der Waals surface area contributed by atoms with Crippen LogP contribution in [0.15, 0.2) is 0 Å². The van der Waals surface area contributed by atoms with Crippen LogP contribution in [0.4, 0.5) is 0 Å². The fraction of sp³-hybridized carbons (Fsp3) is 0.833. The first kappa shape index (κ1) is 23.5. The lowest BCUT2D eigenvalue weighted by molar-refractivity contribution is -0.142. The maximum absolute atomic E-state index is 11.9. The number of hydrogen-bond donors (Lipinski definition) is 3. The van der Waals surface area contributed by atoms with E-state index in [1.165, 1.54) is 0 Å². The molecule has 0 radical (unpaired) electrons. The zero-order valence-corrected chi connectivity index (χ0v) is 16.4. The number of Topliss-reactive ketones (excluding diaryl/α,β-unsaturated/α-hetero) is 1. The van der Waals surface area contributed by atoms with Gasteiger partial charge in [0.05, 0.1) is 13.2 Å². The molecule has 146 valence electrons. The van der Waals surface area contributed by atoms with E-state index in [1.54, 1.807) is 20.8 Å². The van der Waals surface area contributed by atoms with Crippen LogP contribution in [0.1, 0.15) is 60.8 Å². The van der Waals surface area contributed by atoms with E-state index in [0.29, 0.717) is 13.2 Å². The molecule has 0 spiro atoms. The molecule has 1 amide bonds. The molecule has 0 aliphatic heterocycles. The molecule has 1 atom stereocenters. The average Bonchev–Trinajstić information content (AvgIpc) is 2.44. The highest BCUT2D eigenvalue weighted by Crippen LogP contribution is 2.18. The summed E-state index contributed by atoms with van der Waals surface area (Å²) in [5, 5.41) is 14.9. The maximum atomic E-state index is 11.9. The van der Waals surface area contributed by atoms with E-state index in [-0.39, 0.29) is 43.1 Å². The van der Waals surface area contributed by atoms with Gasteiger partial charge in [0.2, 0.25) is 5.91 Å². The zero-order valence-electron chi connectivity index (χ0n) is 16.4. The molecule has 3 N–H and O–H groups in total. The summed E-state index contributed by atoms with van der Waals surface area (Å²) in [6, 6.07) is -1.05. The Bertz CT molecular complexity index is 449. The summed E-state index contributed by atoms with van der Waals surface area (Å²) in [5.74, 6) is -1.55. The van der Waals surface area contributed by atoms with Crippen LogP contribution in [0.2, 0.25) is 0 Å². The highest BCUT2D eigenvalue weighted by molar-refractivity contribution is 5.86. The zero-order chi connectivity index (χ0) is 19.7. The summed E-state index contributed by atoms with van der Waals surface area (Å²) >= 11 is 0. The van der Waals surface area contributed by atoms with Crippen LogP contribution in [-0.4, -0.2) is 54.1 Å². The molecule has 0 fully saturated rings. The monoisotopic (exact) mass is 358 g/mol. The van der Waals surface area contributed by atoms with Crippen LogP contribution in [0.5, 0.6) is 0 Å². The molecule has 1 unspecified atom stereocenters. The van der Waals surface area contributed by atoms with E-state index in [4.69, 9.17) is 4.74 Å². The van der Waals surface area contributed by atoms with Gasteiger partial charge >= 0.3 is 5.97 Å². The number of amides is 1. The van der Waals surface area contributed by atoms with Crippen molar-refractivity contribution < 1.29 is 24.2 Å². The Kier molecular flexibility index (Phi) is 9.89. The van der Waals surface area contributed by atoms with E-state index < -0.39 is 17.4 Å². The van der Waals surface area contributed by atoms with Crippen LogP contribution < -0.4 is 10.6 Å². The quantitative estimate of drug-likeness (QED) is 0.486. The summed E-state index contributed by atoms with van der Waals surface area (Å²) in [6.07, 6.45) is 0.301. The van der Waals surface area contributed by atoms with Gasteiger partial charge in [-0.05, 0) is 27.2 Å². The average molecular weight is 358 g/mol. The van der Waals surface area contributed by atoms with Crippen molar-refractivity contribution in [2.75, 3.05) is 19.8 Å². The first-order valence-corrected chi connectivity index (χ1v) is 8.71. The third kappa shape index (κ3) is 12.5. The van der Waals surface area contributed by atoms with E-state index in [2.05, 4.69) is 31.4 Å². The van der Waals surface area contributed by atoms with Crippen LogP contribution in [-0.2, 0) is 19.1 Å². The topological polar surface area (TPSA) is 105 Å². The number of ether oxygens (including phenoxy) is 1. The molecule has 0 saturated heterocycles. The van der Waals surface area contributed by atoms with Crippen LogP contribution in [0, 0.1) is 5.41 Å². The van der Waals surface area contributed by atoms with Gasteiger partial charge in [-0.3, -0.25) is 9.59 Å². The first-order chi connectivity index (χ1) is 11.3. The molecule has 0 bridgehead atoms. The SMILES string of the molecule is CC(C)(C)NCCOCCC(=O)NC(CCC(=O)C(C)(C)C)C(=O)O. The Morgan fingerprint density at radius 3 is 2.08 bits per heavy atom. The van der Waals surface area contributed by atoms with Crippen LogP contribution in [0.3, 0.4) is 0 Å². The molecule has 25 heavy (non-hydrogen) atoms. The second-order valence-electron chi connectivity index (χ2n) is 8.21. The van der Waals surface area contributed by atoms with Crippen molar-refractivity contribution in [3.05, 3.63) is 0 Å². The predicted octanol–water partition coefficient (Wildman–Crippen LogP) is 1.75. The van der Waals surface area contributed by atoms with Gasteiger partial charge in [-0.1, -0.05) is 20.8 Å². The smallest absolute Gasteiger partial charge is 0.326 e. The number of nitrogens with one attached hydrogen (secondary N) is 2. The molecule has 7 heteroatoms. The number of carboxylic acid groups (broad SMARTS) is 1. The van der Waals surface area contributed by atoms with Gasteiger partial charge in [0.1, 0.15) is 11.8 Å². The molecular weight excluding hydrogens is 324 g/mol. The lowest BCUT2D eigenvalue weighted by Crippen LogP contribution is -2.42. The van der Waals surface area contributed by atoms with Gasteiger partial charge in [0, 0.05) is 30.3 Å². The second kappa shape index (κ2) is 10.5. The minimum Gasteiger partial charge on any atom is -0.480 e. The summed E-state index contributed by atoms with van der Waals surface area (Å²) in [4.78, 5) is 35.0. The molecule has 0 aliphatic carbocycles. The molecule has 0 aromatic rings. The standard InChI is InChI=1S/C18H34N2O5/c1-17(2,3)14(21)8-7-13(16(23)24)20-15(22)9-11-25-12-10-19-18(4,5)6/h13,19H,7-12H2,1-6H3,(H,20,22)(H,23,24). The highest BCUT2D eigenvalue weighted by atomic mass is 16.5. The van der Waals surface area contributed by atoms with Crippen LogP contribution >= 0.6 is 0 Å². The highest BCUT2D eigenvalue weighted by Gasteiger charge is 2.25. The minimum absolute atomic E-state index is 0.0138. The van der Waals surface area contributed by atoms with Crippen molar-refractivity contribution >= 4 is 17.7 Å². The Balaban J connectivity index is 4.09. The van der Waals surface area contributed by atoms with Gasteiger partial charge in [0.25, 0.3) is 0 Å². The molecular formula is C18H34N2O5. The minimum atomic E-state index is -1.13. The molecule has 0 saturated carbocycles. The van der Waals surface area contributed by atoms with Crippen molar-refractivity contribution in [1.82, 2.24) is 10.6 Å². The van der Waals surface area contributed by atoms with Crippen molar-refractivity contribution in [3.63, 3.8) is 0 Å². The first-order valence-electron chi connectivity index (χ1n) is 8.71. The van der Waals surface area contributed by atoms with Crippen molar-refractivity contribution in [2.45, 2.75) is 72.4 Å². The maximum Gasteiger partial charge on any atom is 0.326 e. The van der Waals surface area contributed by atoms with Crippen LogP contribution in [0.25, 0.3) is 0 Å². The fourth-order valence-corrected chi connectivity index (χ4v) is 1.94. The number of ketones is 1. The molecule has 0 aromatic heterocycles. The predicted molar refractivity (Wildman–Crippen MR) is 96.5 cm³/mol. The van der Waals surface area contributed by atoms with Gasteiger partial charge in [-0.2, -0.15) is 0 Å². The van der Waals surface area contributed by atoms with Crippen molar-refractivity contribution in [2.24, 2.45) is 5.41 Å². The lowest BCUT2D eigenvalue weighted by Gasteiger charge is -2.20. The summed E-state index contributed by atoms with van der Waals surface area (Å²) in [6.45, 7) is 12.9. The number of carbonyl (C=O) groups is 3. The molecule has 0 aromatic carbocycles. The largest absolute Gasteiger partial charge is 0.480 e. The summed E-state index contributed by atoms with van der Waals surface area (Å²) < 4.78 is 5.36. The van der Waals surface area contributed by atoms with Gasteiger partial charge in [0.15, 0.2) is 0 Å². The fourth-order valence-electron chi connectivity index (χ4n) is 1.94. The second-order valence-corrected chi connectivity index (χ2v) is 8.21. The number of hydrogen-bond acceptors (Lipinski definition) is 5. The number of carboxylic acids is 1. The van der Waals surface area contributed by atoms with E-state index >= 15 is 0 Å². The van der Waals surface area contributed by atoms with E-state index in [1.807, 2.05) is 0 Å². The van der Waals surface area contributed by atoms with Crippen molar-refractivity contribution in [3.8, 4) is 0 Å². The van der Waals surface area contributed by atoms with Crippen molar-refractivity contribution in [1.29, 1.82) is 0 Å². The molecule has 7 nitrogen and oxygen atoms in total. The summed E-state index contributed by atoms with van der Waals surface area (Å²) in [7, 11) is 0. The Hall–Kier alpha value is -1.47. The molecule has 0 rings (SSSR count). The number of aliphatic carboxylic acids is 1. The normalized spacial score (nSPS) is 13.4. The molecule has 0 aliphatic rings. The lowest BCUT2D eigenvalue weighted by atomic mass is 9.87. The number of rotatable bonds is 11.